The summed E-state index contributed by atoms with van der Waals surface area (Å²) < 4.78 is 0. The Bertz CT molecular complexity index is 549. The van der Waals surface area contributed by atoms with E-state index in [1.54, 1.807) is 14.1 Å². The Labute approximate surface area is 138 Å². The van der Waals surface area contributed by atoms with Gasteiger partial charge in [-0.1, -0.05) is 29.8 Å². The second-order valence-electron chi connectivity index (χ2n) is 6.43. The van der Waals surface area contributed by atoms with E-state index in [1.807, 2.05) is 4.90 Å². The van der Waals surface area contributed by atoms with Gasteiger partial charge in [-0.3, -0.25) is 14.5 Å². The molecule has 2 rings (SSSR count). The molecule has 0 bridgehead atoms. The number of amides is 2. The highest BCUT2D eigenvalue weighted by Gasteiger charge is 2.21. The predicted octanol–water partition coefficient (Wildman–Crippen LogP) is 1.51. The summed E-state index contributed by atoms with van der Waals surface area (Å²) in [5.74, 6) is 0.104. The van der Waals surface area contributed by atoms with E-state index in [1.165, 1.54) is 16.0 Å². The number of hydrogen-bond donors (Lipinski definition) is 0. The second-order valence-corrected chi connectivity index (χ2v) is 6.43. The quantitative estimate of drug-likeness (QED) is 0.827. The molecule has 0 spiro atoms. The molecule has 1 aliphatic rings. The number of nitrogens with zero attached hydrogens (tertiary/aromatic N) is 3. The van der Waals surface area contributed by atoms with Crippen molar-refractivity contribution in [2.75, 3.05) is 40.3 Å². The molecule has 23 heavy (non-hydrogen) atoms. The van der Waals surface area contributed by atoms with E-state index < -0.39 is 0 Å². The van der Waals surface area contributed by atoms with E-state index in [0.717, 1.165) is 32.7 Å². The van der Waals surface area contributed by atoms with Crippen LogP contribution in [0.5, 0.6) is 0 Å². The van der Waals surface area contributed by atoms with Crippen molar-refractivity contribution in [3.05, 3.63) is 35.4 Å². The lowest BCUT2D eigenvalue weighted by atomic mass is 10.1. The highest BCUT2D eigenvalue weighted by molar-refractivity contribution is 5.83. The fourth-order valence-corrected chi connectivity index (χ4v) is 2.82. The van der Waals surface area contributed by atoms with Crippen molar-refractivity contribution < 1.29 is 9.59 Å². The average Bonchev–Trinajstić information content (AvgIpc) is 2.53. The molecule has 1 aromatic carbocycles. The Morgan fingerprint density at radius 2 is 1.78 bits per heavy atom. The molecular formula is C18H27N3O2. The molecule has 0 aromatic heterocycles. The molecule has 1 fully saturated rings. The molecule has 1 aliphatic heterocycles. The predicted molar refractivity (Wildman–Crippen MR) is 91.0 cm³/mol. The maximum atomic E-state index is 12.2. The summed E-state index contributed by atoms with van der Waals surface area (Å²) in [7, 11) is 3.44. The Hall–Kier alpha value is -1.88. The van der Waals surface area contributed by atoms with Crippen LogP contribution in [0.3, 0.4) is 0 Å². The highest BCUT2D eigenvalue weighted by atomic mass is 16.2. The first-order chi connectivity index (χ1) is 11.0. The summed E-state index contributed by atoms with van der Waals surface area (Å²) in [6.07, 6.45) is 0.615. The molecule has 0 atom stereocenters. The van der Waals surface area contributed by atoms with Gasteiger partial charge < -0.3 is 9.80 Å². The molecule has 0 N–H and O–H groups in total. The second kappa shape index (κ2) is 8.11. The van der Waals surface area contributed by atoms with E-state index in [0.29, 0.717) is 12.8 Å². The van der Waals surface area contributed by atoms with Gasteiger partial charge in [0.05, 0.1) is 0 Å². The topological polar surface area (TPSA) is 43.9 Å². The van der Waals surface area contributed by atoms with E-state index in [-0.39, 0.29) is 11.8 Å². The molecule has 0 aliphatic carbocycles. The molecule has 126 valence electrons. The number of aryl methyl sites for hydroxylation is 1. The first kappa shape index (κ1) is 17.5. The Morgan fingerprint density at radius 1 is 1.09 bits per heavy atom. The molecule has 1 aromatic rings. The fraction of sp³-hybridized carbons (Fsp3) is 0.556. The highest BCUT2D eigenvalue weighted by Crippen LogP contribution is 2.11. The number of carbonyl (C=O) groups excluding carboxylic acids is 2. The first-order valence-electron chi connectivity index (χ1n) is 8.21. The van der Waals surface area contributed by atoms with E-state index in [4.69, 9.17) is 0 Å². The number of piperazine rings is 1. The zero-order valence-corrected chi connectivity index (χ0v) is 14.4. The molecular weight excluding hydrogens is 290 g/mol. The van der Waals surface area contributed by atoms with Gasteiger partial charge in [0.1, 0.15) is 0 Å². The minimum atomic E-state index is 0.0106. The molecule has 1 heterocycles. The first-order valence-corrected chi connectivity index (χ1v) is 8.21. The van der Waals surface area contributed by atoms with E-state index >= 15 is 0 Å². The van der Waals surface area contributed by atoms with Gasteiger partial charge in [-0.2, -0.15) is 0 Å². The van der Waals surface area contributed by atoms with Crippen molar-refractivity contribution in [1.82, 2.24) is 14.7 Å². The van der Waals surface area contributed by atoms with Crippen molar-refractivity contribution in [2.24, 2.45) is 0 Å². The van der Waals surface area contributed by atoms with Crippen LogP contribution in [0, 0.1) is 6.92 Å². The maximum Gasteiger partial charge on any atom is 0.223 e. The summed E-state index contributed by atoms with van der Waals surface area (Å²) >= 11 is 0. The van der Waals surface area contributed by atoms with Crippen LogP contribution >= 0.6 is 0 Å². The number of hydrogen-bond acceptors (Lipinski definition) is 3. The van der Waals surface area contributed by atoms with Crippen LogP contribution in [0.25, 0.3) is 0 Å². The van der Waals surface area contributed by atoms with Crippen LogP contribution in [-0.4, -0.2) is 66.8 Å². The number of carbonyl (C=O) groups is 2. The zero-order chi connectivity index (χ0) is 16.8. The molecule has 1 saturated heterocycles. The molecule has 5 nitrogen and oxygen atoms in total. The van der Waals surface area contributed by atoms with Crippen LogP contribution in [-0.2, 0) is 16.1 Å². The van der Waals surface area contributed by atoms with Crippen molar-refractivity contribution in [3.8, 4) is 0 Å². The standard InChI is InChI=1S/C18H27N3O2/c1-15-5-4-6-16(13-15)14-20-9-11-21(12-10-20)18(23)8-7-17(22)19(2)3/h4-6,13H,7-12,14H2,1-3H3. The van der Waals surface area contributed by atoms with E-state index in [2.05, 4.69) is 36.1 Å². The lowest BCUT2D eigenvalue weighted by Crippen LogP contribution is -2.48. The largest absolute Gasteiger partial charge is 0.349 e. The molecule has 0 radical (unpaired) electrons. The summed E-state index contributed by atoms with van der Waals surface area (Å²) in [6, 6.07) is 8.56. The summed E-state index contributed by atoms with van der Waals surface area (Å²) in [5, 5.41) is 0. The van der Waals surface area contributed by atoms with Crippen molar-refractivity contribution in [1.29, 1.82) is 0 Å². The van der Waals surface area contributed by atoms with Gasteiger partial charge in [-0.25, -0.2) is 0 Å². The summed E-state index contributed by atoms with van der Waals surface area (Å²) in [5.41, 5.74) is 2.60. The minimum absolute atomic E-state index is 0.0106. The fourth-order valence-electron chi connectivity index (χ4n) is 2.82. The third kappa shape index (κ3) is 5.36. The molecule has 0 unspecified atom stereocenters. The van der Waals surface area contributed by atoms with Crippen LogP contribution in [0.15, 0.2) is 24.3 Å². The average molecular weight is 317 g/mol. The van der Waals surface area contributed by atoms with Gasteiger partial charge in [0.15, 0.2) is 0 Å². The monoisotopic (exact) mass is 317 g/mol. The van der Waals surface area contributed by atoms with Gasteiger partial charge in [-0.05, 0) is 12.5 Å². The third-order valence-electron chi connectivity index (χ3n) is 4.27. The zero-order valence-electron chi connectivity index (χ0n) is 14.4. The van der Waals surface area contributed by atoms with Crippen LogP contribution in [0.4, 0.5) is 0 Å². The van der Waals surface area contributed by atoms with Gasteiger partial charge in [0, 0.05) is 59.7 Å². The lowest BCUT2D eigenvalue weighted by Gasteiger charge is -2.35. The maximum absolute atomic E-state index is 12.2. The number of benzene rings is 1. The summed E-state index contributed by atoms with van der Waals surface area (Å²) in [6.45, 7) is 6.32. The molecule has 0 saturated carbocycles. The van der Waals surface area contributed by atoms with Crippen molar-refractivity contribution in [2.45, 2.75) is 26.3 Å². The molecule has 2 amide bonds. The van der Waals surface area contributed by atoms with Crippen LogP contribution in [0.2, 0.25) is 0 Å². The Balaban J connectivity index is 1.75. The van der Waals surface area contributed by atoms with Crippen LogP contribution in [0.1, 0.15) is 24.0 Å². The smallest absolute Gasteiger partial charge is 0.223 e. The SMILES string of the molecule is Cc1cccc(CN2CCN(C(=O)CCC(=O)N(C)C)CC2)c1. The molecule has 5 heteroatoms. The van der Waals surface area contributed by atoms with Gasteiger partial charge in [0.25, 0.3) is 0 Å². The van der Waals surface area contributed by atoms with Crippen molar-refractivity contribution in [3.63, 3.8) is 0 Å². The normalized spacial score (nSPS) is 15.5. The van der Waals surface area contributed by atoms with Crippen LogP contribution < -0.4 is 0 Å². The lowest BCUT2D eigenvalue weighted by molar-refractivity contribution is -0.137. The Morgan fingerprint density at radius 3 is 2.39 bits per heavy atom. The van der Waals surface area contributed by atoms with Gasteiger partial charge in [-0.15, -0.1) is 0 Å². The van der Waals surface area contributed by atoms with Gasteiger partial charge >= 0.3 is 0 Å². The summed E-state index contributed by atoms with van der Waals surface area (Å²) in [4.78, 5) is 29.5. The van der Waals surface area contributed by atoms with Gasteiger partial charge in [0.2, 0.25) is 11.8 Å². The minimum Gasteiger partial charge on any atom is -0.349 e. The van der Waals surface area contributed by atoms with Crippen molar-refractivity contribution >= 4 is 11.8 Å². The Kier molecular flexibility index (Phi) is 6.16. The number of rotatable bonds is 5. The van der Waals surface area contributed by atoms with E-state index in [9.17, 15) is 9.59 Å². The third-order valence-corrected chi connectivity index (χ3v) is 4.27.